The van der Waals surface area contributed by atoms with Crippen LogP contribution in [0.1, 0.15) is 30.6 Å². The van der Waals surface area contributed by atoms with Gasteiger partial charge in [0.2, 0.25) is 5.95 Å². The molecule has 4 N–H and O–H groups in total. The van der Waals surface area contributed by atoms with Crippen LogP contribution in [0.5, 0.6) is 0 Å². The summed E-state index contributed by atoms with van der Waals surface area (Å²) in [4.78, 5) is 26.7. The lowest BCUT2D eigenvalue weighted by Crippen LogP contribution is -2.22. The summed E-state index contributed by atoms with van der Waals surface area (Å²) in [6.07, 6.45) is 4.28. The molecular weight excluding hydrogens is 451 g/mol. The fourth-order valence-electron chi connectivity index (χ4n) is 4.28. The number of H-pyrrole nitrogens is 1. The van der Waals surface area contributed by atoms with Crippen molar-refractivity contribution in [2.24, 2.45) is 5.92 Å². The number of hydrogen-bond donors (Lipinski definition) is 3. The summed E-state index contributed by atoms with van der Waals surface area (Å²) in [5.41, 5.74) is 7.11. The number of aliphatic hydroxyl groups is 1. The molecule has 5 atom stereocenters. The van der Waals surface area contributed by atoms with E-state index >= 15 is 0 Å². The molecule has 1 unspecified atom stereocenters. The Labute approximate surface area is 188 Å². The van der Waals surface area contributed by atoms with Crippen LogP contribution in [-0.4, -0.2) is 48.9 Å². The minimum absolute atomic E-state index is 0.0354. The Kier molecular flexibility index (Phi) is 5.63. The van der Waals surface area contributed by atoms with E-state index in [0.717, 1.165) is 5.56 Å². The first-order chi connectivity index (χ1) is 15.8. The normalized spacial score (nSPS) is 30.2. The van der Waals surface area contributed by atoms with Gasteiger partial charge in [0.1, 0.15) is 0 Å². The van der Waals surface area contributed by atoms with Gasteiger partial charge in [-0.05, 0) is 29.7 Å². The third-order valence-electron chi connectivity index (χ3n) is 6.00. The molecule has 0 radical (unpaired) electrons. The van der Waals surface area contributed by atoms with Crippen LogP contribution in [-0.2, 0) is 18.1 Å². The summed E-state index contributed by atoms with van der Waals surface area (Å²) in [5.74, 6) is -0.571. The Hall–Kier alpha value is -2.89. The van der Waals surface area contributed by atoms with Gasteiger partial charge >= 0.3 is 7.82 Å². The Morgan fingerprint density at radius 3 is 2.97 bits per heavy atom. The Morgan fingerprint density at radius 2 is 2.18 bits per heavy atom. The minimum atomic E-state index is -3.84. The molecule has 0 bridgehead atoms. The number of hydrogen-bond acceptors (Lipinski definition) is 10. The zero-order valence-electron chi connectivity index (χ0n) is 17.5. The van der Waals surface area contributed by atoms with Gasteiger partial charge in [-0.1, -0.05) is 6.58 Å². The molecule has 1 saturated heterocycles. The third-order valence-corrected chi connectivity index (χ3v) is 7.47. The van der Waals surface area contributed by atoms with Crippen LogP contribution in [0.25, 0.3) is 11.2 Å². The molecule has 1 aliphatic heterocycles. The number of anilines is 1. The molecule has 2 aliphatic rings. The highest BCUT2D eigenvalue weighted by Gasteiger charge is 2.42. The fourth-order valence-corrected chi connectivity index (χ4v) is 5.68. The molecule has 1 saturated carbocycles. The predicted octanol–water partition coefficient (Wildman–Crippen LogP) is 1.88. The average Bonchev–Trinajstić information content (AvgIpc) is 3.33. The molecule has 0 aromatic carbocycles. The van der Waals surface area contributed by atoms with Crippen LogP contribution in [0, 0.1) is 5.92 Å². The van der Waals surface area contributed by atoms with Gasteiger partial charge < -0.3 is 15.4 Å². The Morgan fingerprint density at radius 1 is 1.39 bits per heavy atom. The average molecular weight is 474 g/mol. The van der Waals surface area contributed by atoms with E-state index in [4.69, 9.17) is 19.3 Å². The lowest BCUT2D eigenvalue weighted by Gasteiger charge is -2.30. The molecule has 3 aromatic rings. The van der Waals surface area contributed by atoms with Crippen molar-refractivity contribution in [3.05, 3.63) is 58.9 Å². The first-order valence-electron chi connectivity index (χ1n) is 10.4. The van der Waals surface area contributed by atoms with Gasteiger partial charge in [-0.25, -0.2) is 9.55 Å². The molecule has 1 aliphatic carbocycles. The van der Waals surface area contributed by atoms with Crippen LogP contribution in [0.4, 0.5) is 5.95 Å². The van der Waals surface area contributed by atoms with Gasteiger partial charge in [-0.2, -0.15) is 4.98 Å². The van der Waals surface area contributed by atoms with E-state index in [-0.39, 0.29) is 24.7 Å². The van der Waals surface area contributed by atoms with Crippen LogP contribution in [0.3, 0.4) is 0 Å². The topological polar surface area (TPSA) is 167 Å². The number of phosphoric acid groups is 1. The summed E-state index contributed by atoms with van der Waals surface area (Å²) >= 11 is 0. The van der Waals surface area contributed by atoms with Crippen molar-refractivity contribution in [2.75, 3.05) is 18.9 Å². The highest BCUT2D eigenvalue weighted by Crippen LogP contribution is 2.57. The van der Waals surface area contributed by atoms with Crippen molar-refractivity contribution in [2.45, 2.75) is 31.1 Å². The van der Waals surface area contributed by atoms with Crippen molar-refractivity contribution in [3.63, 3.8) is 0 Å². The number of aromatic nitrogens is 5. The number of fused-ring (bicyclic) bond motifs is 1. The van der Waals surface area contributed by atoms with E-state index in [1.807, 2.05) is 0 Å². The molecule has 0 spiro atoms. The highest BCUT2D eigenvalue weighted by atomic mass is 31.2. The Balaban J connectivity index is 1.31. The van der Waals surface area contributed by atoms with E-state index < -0.39 is 37.5 Å². The smallest absolute Gasteiger partial charge is 0.392 e. The molecule has 5 rings (SSSR count). The summed E-state index contributed by atoms with van der Waals surface area (Å²) in [6, 6.07) is 3.18. The first-order valence-corrected chi connectivity index (χ1v) is 11.9. The minimum Gasteiger partial charge on any atom is -0.392 e. The molecule has 4 heterocycles. The van der Waals surface area contributed by atoms with Gasteiger partial charge in [-0.3, -0.25) is 28.3 Å². The zero-order valence-corrected chi connectivity index (χ0v) is 18.4. The molecule has 3 aromatic heterocycles. The van der Waals surface area contributed by atoms with Crippen molar-refractivity contribution in [1.82, 2.24) is 24.5 Å². The number of phosphoric ester groups is 1. The summed E-state index contributed by atoms with van der Waals surface area (Å²) in [7, 11) is -3.84. The van der Waals surface area contributed by atoms with E-state index in [1.54, 1.807) is 29.1 Å². The first kappa shape index (κ1) is 21.9. The molecular formula is C20H23N6O6P. The van der Waals surface area contributed by atoms with Gasteiger partial charge in [0, 0.05) is 24.7 Å². The quantitative estimate of drug-likeness (QED) is 0.367. The second-order valence-corrected chi connectivity index (χ2v) is 9.64. The lowest BCUT2D eigenvalue weighted by molar-refractivity contribution is 0.0165. The van der Waals surface area contributed by atoms with E-state index in [0.29, 0.717) is 24.1 Å². The maximum atomic E-state index is 13.1. The number of aromatic amines is 1. The molecule has 12 nitrogen and oxygen atoms in total. The monoisotopic (exact) mass is 474 g/mol. The van der Waals surface area contributed by atoms with Crippen molar-refractivity contribution in [1.29, 1.82) is 0 Å². The molecule has 0 amide bonds. The highest BCUT2D eigenvalue weighted by molar-refractivity contribution is 7.48. The fraction of sp³-hybridized carbons (Fsp3) is 0.400. The van der Waals surface area contributed by atoms with E-state index in [2.05, 4.69) is 26.5 Å². The number of rotatable bonds is 5. The second-order valence-electron chi connectivity index (χ2n) is 8.01. The van der Waals surface area contributed by atoms with Gasteiger partial charge in [0.05, 0.1) is 37.8 Å². The number of nitrogen functional groups attached to an aromatic ring is 1. The van der Waals surface area contributed by atoms with Gasteiger partial charge in [0.15, 0.2) is 11.2 Å². The predicted molar refractivity (Wildman–Crippen MR) is 117 cm³/mol. The SMILES string of the molecule is C=C1C(n2cnc3c(=O)[nH]c(N)nc32)C[C@H](O)[C@H]1CO[P@]1(=O)OCC[C@H](c2ccncc2)O1. The molecule has 13 heteroatoms. The molecule has 174 valence electrons. The number of nitrogens with zero attached hydrogens (tertiary/aromatic N) is 4. The number of pyridine rings is 1. The summed E-state index contributed by atoms with van der Waals surface area (Å²) < 4.78 is 31.3. The number of nitrogens with one attached hydrogen (secondary N) is 1. The lowest BCUT2D eigenvalue weighted by atomic mass is 10.0. The van der Waals surface area contributed by atoms with Crippen molar-refractivity contribution < 1.29 is 23.2 Å². The third kappa shape index (κ3) is 4.11. The standard InChI is InChI=1S/C20H23N6O6P/c1-11-13(9-31-33(29)30-7-4-16(32-33)12-2-5-22-6-3-12)15(27)8-14(11)26-10-23-17-18(26)24-20(21)25-19(17)28/h2-3,5-6,10,13-16,27H,1,4,7-9H2,(H3,21,24,25,28)/t13-,14?,15-,16+,33-/m0/s1. The van der Waals surface area contributed by atoms with Crippen molar-refractivity contribution in [3.8, 4) is 0 Å². The van der Waals surface area contributed by atoms with Crippen LogP contribution < -0.4 is 11.3 Å². The maximum Gasteiger partial charge on any atom is 0.475 e. The molecule has 33 heavy (non-hydrogen) atoms. The van der Waals surface area contributed by atoms with Crippen LogP contribution in [0.15, 0.2) is 47.8 Å². The Bertz CT molecular complexity index is 1290. The largest absolute Gasteiger partial charge is 0.475 e. The van der Waals surface area contributed by atoms with Gasteiger partial charge in [0.25, 0.3) is 5.56 Å². The van der Waals surface area contributed by atoms with E-state index in [1.165, 1.54) is 6.33 Å². The van der Waals surface area contributed by atoms with Crippen LogP contribution >= 0.6 is 7.82 Å². The van der Waals surface area contributed by atoms with Gasteiger partial charge in [-0.15, -0.1) is 0 Å². The number of nitrogens with two attached hydrogens (primary N) is 1. The maximum absolute atomic E-state index is 13.1. The second kappa shape index (κ2) is 8.47. The number of imidazole rings is 1. The molecule has 2 fully saturated rings. The summed E-state index contributed by atoms with van der Waals surface area (Å²) in [6.45, 7) is 4.21. The van der Waals surface area contributed by atoms with E-state index in [9.17, 15) is 14.5 Å². The zero-order chi connectivity index (χ0) is 23.2. The number of aliphatic hydroxyl groups excluding tert-OH is 1. The van der Waals surface area contributed by atoms with Crippen molar-refractivity contribution >= 4 is 24.9 Å². The summed E-state index contributed by atoms with van der Waals surface area (Å²) in [5, 5.41) is 10.7. The van der Waals surface area contributed by atoms with Crippen LogP contribution in [0.2, 0.25) is 0 Å².